The maximum atomic E-state index is 11.0. The maximum Gasteiger partial charge on any atom is 0.323 e. The van der Waals surface area contributed by atoms with E-state index in [2.05, 4.69) is 20.3 Å². The Morgan fingerprint density at radius 1 is 1.53 bits per heavy atom. The summed E-state index contributed by atoms with van der Waals surface area (Å²) in [5, 5.41) is 29.5. The summed E-state index contributed by atoms with van der Waals surface area (Å²) in [7, 11) is 0. The van der Waals surface area contributed by atoms with E-state index in [1.54, 1.807) is 0 Å². The van der Waals surface area contributed by atoms with Gasteiger partial charge in [-0.2, -0.15) is 0 Å². The number of aliphatic hydroxyl groups excluding tert-OH is 1. The van der Waals surface area contributed by atoms with E-state index in [1.165, 1.54) is 6.07 Å². The van der Waals surface area contributed by atoms with Crippen molar-refractivity contribution >= 4 is 34.0 Å². The van der Waals surface area contributed by atoms with Crippen LogP contribution in [0.25, 0.3) is 11.0 Å². The summed E-state index contributed by atoms with van der Waals surface area (Å²) < 4.78 is 4.43. The monoisotopic (exact) mass is 258 g/mol. The fraction of sp³-hybridized carbons (Fsp3) is 0.250. The van der Waals surface area contributed by atoms with Crippen molar-refractivity contribution in [3.05, 3.63) is 21.2 Å². The van der Waals surface area contributed by atoms with Gasteiger partial charge in [0, 0.05) is 6.54 Å². The SMILES string of the molecule is O=[N+]([O-])c1c(NCCO)cc(Cl)c2nonc12. The molecule has 0 saturated carbocycles. The molecule has 0 radical (unpaired) electrons. The lowest BCUT2D eigenvalue weighted by molar-refractivity contribution is -0.382. The summed E-state index contributed by atoms with van der Waals surface area (Å²) >= 11 is 5.87. The van der Waals surface area contributed by atoms with E-state index in [9.17, 15) is 10.1 Å². The zero-order valence-electron chi connectivity index (χ0n) is 8.38. The Kier molecular flexibility index (Phi) is 3.07. The molecular formula is C8H7ClN4O4. The lowest BCUT2D eigenvalue weighted by Gasteiger charge is -2.05. The molecule has 2 N–H and O–H groups in total. The molecule has 2 rings (SSSR count). The van der Waals surface area contributed by atoms with Crippen LogP contribution in [0.1, 0.15) is 0 Å². The minimum atomic E-state index is -0.609. The number of nitrogens with one attached hydrogen (secondary N) is 1. The molecule has 0 unspecified atom stereocenters. The van der Waals surface area contributed by atoms with E-state index in [4.69, 9.17) is 16.7 Å². The number of hydrogen-bond acceptors (Lipinski definition) is 7. The van der Waals surface area contributed by atoms with Gasteiger partial charge in [0.05, 0.1) is 16.6 Å². The normalized spacial score (nSPS) is 10.7. The third-order valence-corrected chi connectivity index (χ3v) is 2.36. The molecule has 0 fully saturated rings. The van der Waals surface area contributed by atoms with Gasteiger partial charge in [-0.15, -0.1) is 0 Å². The standard InChI is InChI=1S/C8H7ClN4O4/c9-4-3-5(10-1-2-14)8(13(15)16)7-6(4)11-17-12-7/h3,10,14H,1-2H2. The molecule has 0 aliphatic carbocycles. The molecule has 0 amide bonds. The van der Waals surface area contributed by atoms with Gasteiger partial charge in [-0.25, -0.2) is 4.63 Å². The Hall–Kier alpha value is -1.93. The van der Waals surface area contributed by atoms with Crippen LogP contribution >= 0.6 is 11.6 Å². The molecule has 2 aromatic rings. The van der Waals surface area contributed by atoms with Crippen molar-refractivity contribution in [1.29, 1.82) is 0 Å². The highest BCUT2D eigenvalue weighted by Gasteiger charge is 2.24. The quantitative estimate of drug-likeness (QED) is 0.625. The number of nitro groups is 1. The van der Waals surface area contributed by atoms with Gasteiger partial charge in [0.15, 0.2) is 5.52 Å². The predicted octanol–water partition coefficient (Wildman–Crippen LogP) is 1.19. The third-order valence-electron chi connectivity index (χ3n) is 2.08. The van der Waals surface area contributed by atoms with Crippen LogP contribution in [0.4, 0.5) is 11.4 Å². The summed E-state index contributed by atoms with van der Waals surface area (Å²) in [6.07, 6.45) is 0. The van der Waals surface area contributed by atoms with Gasteiger partial charge in [-0.05, 0) is 16.4 Å². The number of aromatic nitrogens is 2. The minimum absolute atomic E-state index is 0.0251. The Labute approximate surface area is 99.3 Å². The molecule has 0 atom stereocenters. The van der Waals surface area contributed by atoms with Gasteiger partial charge in [0.2, 0.25) is 5.52 Å². The molecule has 9 heteroatoms. The van der Waals surface area contributed by atoms with Gasteiger partial charge < -0.3 is 10.4 Å². The molecule has 0 saturated heterocycles. The maximum absolute atomic E-state index is 11.0. The van der Waals surface area contributed by atoms with Crippen molar-refractivity contribution in [2.75, 3.05) is 18.5 Å². The summed E-state index contributed by atoms with van der Waals surface area (Å²) in [6.45, 7) is -0.00215. The number of anilines is 1. The van der Waals surface area contributed by atoms with Crippen LogP contribution in [0, 0.1) is 10.1 Å². The van der Waals surface area contributed by atoms with Gasteiger partial charge in [0.1, 0.15) is 5.69 Å². The lowest BCUT2D eigenvalue weighted by Crippen LogP contribution is -2.07. The Balaban J connectivity index is 2.64. The molecule has 90 valence electrons. The smallest absolute Gasteiger partial charge is 0.323 e. The average molecular weight is 259 g/mol. The van der Waals surface area contributed by atoms with E-state index in [0.29, 0.717) is 0 Å². The van der Waals surface area contributed by atoms with Crippen LogP contribution in [0.15, 0.2) is 10.7 Å². The number of rotatable bonds is 4. The Morgan fingerprint density at radius 3 is 2.88 bits per heavy atom. The summed E-state index contributed by atoms with van der Waals surface area (Å²) in [5.41, 5.74) is -0.00722. The molecule has 0 aliphatic rings. The number of benzene rings is 1. The highest BCUT2D eigenvalue weighted by molar-refractivity contribution is 6.35. The second-order valence-electron chi connectivity index (χ2n) is 3.12. The first-order valence-corrected chi connectivity index (χ1v) is 4.97. The van der Waals surface area contributed by atoms with E-state index in [-0.39, 0.29) is 40.6 Å². The molecule has 1 aromatic heterocycles. The highest BCUT2D eigenvalue weighted by atomic mass is 35.5. The van der Waals surface area contributed by atoms with Crippen molar-refractivity contribution in [1.82, 2.24) is 10.3 Å². The van der Waals surface area contributed by atoms with E-state index in [1.807, 2.05) is 0 Å². The fourth-order valence-electron chi connectivity index (χ4n) is 1.40. The second-order valence-corrected chi connectivity index (χ2v) is 3.53. The summed E-state index contributed by atoms with van der Waals surface area (Å²) in [6, 6.07) is 1.35. The van der Waals surface area contributed by atoms with Crippen molar-refractivity contribution in [3.63, 3.8) is 0 Å². The summed E-state index contributed by atoms with van der Waals surface area (Å²) in [5.74, 6) is 0. The van der Waals surface area contributed by atoms with E-state index < -0.39 is 4.92 Å². The fourth-order valence-corrected chi connectivity index (χ4v) is 1.63. The molecule has 0 spiro atoms. The third kappa shape index (κ3) is 1.99. The number of nitro benzene ring substituents is 1. The number of hydrogen-bond donors (Lipinski definition) is 2. The van der Waals surface area contributed by atoms with Crippen LogP contribution in [0.5, 0.6) is 0 Å². The predicted molar refractivity (Wildman–Crippen MR) is 59.0 cm³/mol. The van der Waals surface area contributed by atoms with Crippen LogP contribution in [0.2, 0.25) is 5.02 Å². The van der Waals surface area contributed by atoms with Crippen LogP contribution < -0.4 is 5.32 Å². The first-order chi connectivity index (χ1) is 8.15. The van der Waals surface area contributed by atoms with E-state index in [0.717, 1.165) is 0 Å². The number of halogens is 1. The van der Waals surface area contributed by atoms with Gasteiger partial charge in [0.25, 0.3) is 0 Å². The number of aliphatic hydroxyl groups is 1. The molecule has 0 bridgehead atoms. The molecular weight excluding hydrogens is 252 g/mol. The van der Waals surface area contributed by atoms with Gasteiger partial charge in [-0.1, -0.05) is 11.6 Å². The minimum Gasteiger partial charge on any atom is -0.395 e. The zero-order valence-corrected chi connectivity index (χ0v) is 9.14. The Bertz CT molecular complexity index is 570. The number of fused-ring (bicyclic) bond motifs is 1. The molecule has 17 heavy (non-hydrogen) atoms. The van der Waals surface area contributed by atoms with Crippen molar-refractivity contribution in [3.8, 4) is 0 Å². The Morgan fingerprint density at radius 2 is 2.24 bits per heavy atom. The topological polar surface area (TPSA) is 114 Å². The highest BCUT2D eigenvalue weighted by Crippen LogP contribution is 2.36. The lowest BCUT2D eigenvalue weighted by atomic mass is 10.2. The van der Waals surface area contributed by atoms with Crippen molar-refractivity contribution in [2.45, 2.75) is 0 Å². The molecule has 8 nitrogen and oxygen atoms in total. The average Bonchev–Trinajstić information content (AvgIpc) is 2.74. The second kappa shape index (κ2) is 4.52. The van der Waals surface area contributed by atoms with E-state index >= 15 is 0 Å². The largest absolute Gasteiger partial charge is 0.395 e. The van der Waals surface area contributed by atoms with Crippen LogP contribution in [-0.4, -0.2) is 33.5 Å². The van der Waals surface area contributed by atoms with Crippen LogP contribution in [-0.2, 0) is 0 Å². The first kappa shape index (κ1) is 11.6. The first-order valence-electron chi connectivity index (χ1n) is 4.59. The van der Waals surface area contributed by atoms with Gasteiger partial charge in [-0.3, -0.25) is 10.1 Å². The molecule has 1 heterocycles. The number of nitrogens with zero attached hydrogens (tertiary/aromatic N) is 3. The van der Waals surface area contributed by atoms with Crippen molar-refractivity contribution in [2.24, 2.45) is 0 Å². The molecule has 1 aromatic carbocycles. The zero-order chi connectivity index (χ0) is 12.4. The van der Waals surface area contributed by atoms with Crippen LogP contribution in [0.3, 0.4) is 0 Å². The summed E-state index contributed by atoms with van der Waals surface area (Å²) in [4.78, 5) is 10.4. The molecule has 0 aliphatic heterocycles. The van der Waals surface area contributed by atoms with Crippen molar-refractivity contribution < 1.29 is 14.7 Å². The van der Waals surface area contributed by atoms with Gasteiger partial charge >= 0.3 is 5.69 Å².